The molecule has 7 nitrogen and oxygen atoms in total. The van der Waals surface area contributed by atoms with Gasteiger partial charge >= 0.3 is 11.9 Å². The smallest absolute Gasteiger partial charge is 0.343 e. The van der Waals surface area contributed by atoms with Gasteiger partial charge in [-0.2, -0.15) is 0 Å². The number of carbonyl (C=O) groups is 3. The van der Waals surface area contributed by atoms with Gasteiger partial charge in [0.1, 0.15) is 0 Å². The molecule has 0 unspecified atom stereocenters. The number of halogens is 1. The van der Waals surface area contributed by atoms with Crippen molar-refractivity contribution in [3.8, 4) is 11.5 Å². The van der Waals surface area contributed by atoms with Crippen molar-refractivity contribution >= 4 is 29.3 Å². The van der Waals surface area contributed by atoms with Gasteiger partial charge in [0.15, 0.2) is 17.3 Å². The Labute approximate surface area is 215 Å². The summed E-state index contributed by atoms with van der Waals surface area (Å²) in [5, 5.41) is 3.79. The summed E-state index contributed by atoms with van der Waals surface area (Å²) in [6, 6.07) is 11.4. The van der Waals surface area contributed by atoms with Gasteiger partial charge in [-0.3, -0.25) is 4.79 Å². The minimum atomic E-state index is -0.646. The molecule has 2 aromatic carbocycles. The van der Waals surface area contributed by atoms with E-state index in [1.54, 1.807) is 49.4 Å². The lowest BCUT2D eigenvalue weighted by Gasteiger charge is -2.39. The first-order valence-electron chi connectivity index (χ1n) is 11.5. The average molecular weight is 510 g/mol. The summed E-state index contributed by atoms with van der Waals surface area (Å²) in [5.74, 6) is -1.26. The van der Waals surface area contributed by atoms with Gasteiger partial charge in [0, 0.05) is 34.3 Å². The number of ketones is 1. The van der Waals surface area contributed by atoms with Crippen LogP contribution < -0.4 is 14.8 Å². The largest absolute Gasteiger partial charge is 0.493 e. The van der Waals surface area contributed by atoms with Crippen molar-refractivity contribution < 1.29 is 28.6 Å². The van der Waals surface area contributed by atoms with Crippen LogP contribution in [0.2, 0.25) is 5.02 Å². The summed E-state index contributed by atoms with van der Waals surface area (Å²) in [6.45, 7) is 5.90. The van der Waals surface area contributed by atoms with Crippen LogP contribution in [-0.4, -0.2) is 31.9 Å². The topological polar surface area (TPSA) is 90.9 Å². The van der Waals surface area contributed by atoms with Crippen molar-refractivity contribution in [1.29, 1.82) is 0 Å². The predicted molar refractivity (Wildman–Crippen MR) is 135 cm³/mol. The fourth-order valence-corrected chi connectivity index (χ4v) is 4.97. The van der Waals surface area contributed by atoms with E-state index >= 15 is 0 Å². The van der Waals surface area contributed by atoms with Crippen molar-refractivity contribution in [2.45, 2.75) is 39.5 Å². The molecule has 1 heterocycles. The Morgan fingerprint density at radius 3 is 2.33 bits per heavy atom. The fraction of sp³-hybridized carbons (Fsp3) is 0.321. The molecule has 0 bridgehead atoms. The molecule has 2 aromatic rings. The molecule has 0 radical (unpaired) electrons. The maximum Gasteiger partial charge on any atom is 0.343 e. The molecule has 8 heteroatoms. The van der Waals surface area contributed by atoms with Crippen molar-refractivity contribution in [2.24, 2.45) is 5.41 Å². The van der Waals surface area contributed by atoms with Crippen molar-refractivity contribution in [1.82, 2.24) is 5.32 Å². The molecule has 2 aliphatic rings. The second kappa shape index (κ2) is 9.82. The van der Waals surface area contributed by atoms with Crippen LogP contribution in [-0.2, 0) is 14.3 Å². The number of hydrogen-bond donors (Lipinski definition) is 1. The first kappa shape index (κ1) is 25.5. The zero-order valence-corrected chi connectivity index (χ0v) is 21.6. The van der Waals surface area contributed by atoms with Crippen LogP contribution in [0.1, 0.15) is 55.5 Å². The van der Waals surface area contributed by atoms with Crippen LogP contribution in [0.5, 0.6) is 11.5 Å². The molecule has 0 aromatic heterocycles. The number of nitrogens with one attached hydrogen (secondary N) is 1. The highest BCUT2D eigenvalue weighted by molar-refractivity contribution is 6.30. The molecular formula is C28H28ClNO6. The summed E-state index contributed by atoms with van der Waals surface area (Å²) in [5.41, 5.74) is 3.14. The molecule has 1 N–H and O–H groups in total. The zero-order valence-electron chi connectivity index (χ0n) is 20.9. The molecule has 36 heavy (non-hydrogen) atoms. The third-order valence-electron chi connectivity index (χ3n) is 6.45. The van der Waals surface area contributed by atoms with Gasteiger partial charge in [0.2, 0.25) is 0 Å². The monoisotopic (exact) mass is 509 g/mol. The zero-order chi connectivity index (χ0) is 26.2. The molecule has 0 spiro atoms. The van der Waals surface area contributed by atoms with Gasteiger partial charge in [0.25, 0.3) is 0 Å². The minimum Gasteiger partial charge on any atom is -0.493 e. The van der Waals surface area contributed by atoms with Crippen LogP contribution in [0, 0.1) is 5.41 Å². The first-order chi connectivity index (χ1) is 17.0. The van der Waals surface area contributed by atoms with Crippen LogP contribution in [0.3, 0.4) is 0 Å². The van der Waals surface area contributed by atoms with E-state index in [2.05, 4.69) is 5.32 Å². The number of allylic oxidation sites excluding steroid dienone is 3. The normalized spacial score (nSPS) is 18.8. The van der Waals surface area contributed by atoms with E-state index in [0.29, 0.717) is 51.6 Å². The van der Waals surface area contributed by atoms with Gasteiger partial charge < -0.3 is 19.5 Å². The fourth-order valence-electron chi connectivity index (χ4n) is 4.84. The predicted octanol–water partition coefficient (Wildman–Crippen LogP) is 5.34. The van der Waals surface area contributed by atoms with E-state index in [9.17, 15) is 14.4 Å². The van der Waals surface area contributed by atoms with E-state index in [0.717, 1.165) is 5.70 Å². The van der Waals surface area contributed by atoms with Gasteiger partial charge in [-0.05, 0) is 60.7 Å². The van der Waals surface area contributed by atoms with Crippen molar-refractivity contribution in [3.63, 3.8) is 0 Å². The maximum atomic E-state index is 13.4. The first-order valence-corrected chi connectivity index (χ1v) is 11.9. The third-order valence-corrected chi connectivity index (χ3v) is 6.70. The summed E-state index contributed by atoms with van der Waals surface area (Å²) < 4.78 is 16.2. The molecule has 0 saturated carbocycles. The molecular weight excluding hydrogens is 482 g/mol. The molecule has 1 atom stereocenters. The Hall–Kier alpha value is -3.58. The Balaban J connectivity index is 1.76. The number of carbonyl (C=O) groups excluding carboxylic acids is 3. The number of esters is 2. The summed E-state index contributed by atoms with van der Waals surface area (Å²) in [6.07, 6.45) is 1.04. The van der Waals surface area contributed by atoms with Gasteiger partial charge in [-0.1, -0.05) is 31.5 Å². The highest BCUT2D eigenvalue weighted by Gasteiger charge is 2.43. The van der Waals surface area contributed by atoms with Gasteiger partial charge in [0.05, 0.1) is 25.4 Å². The number of ether oxygens (including phenoxy) is 3. The lowest BCUT2D eigenvalue weighted by molar-refractivity contribution is -0.136. The summed E-state index contributed by atoms with van der Waals surface area (Å²) in [7, 11) is 2.78. The number of benzene rings is 2. The van der Waals surface area contributed by atoms with E-state index in [4.69, 9.17) is 25.8 Å². The lowest BCUT2D eigenvalue weighted by Crippen LogP contribution is -2.38. The van der Waals surface area contributed by atoms with Crippen LogP contribution in [0.4, 0.5) is 0 Å². The Bertz CT molecular complexity index is 1310. The highest BCUT2D eigenvalue weighted by atomic mass is 35.5. The second-order valence-electron chi connectivity index (χ2n) is 9.73. The van der Waals surface area contributed by atoms with Crippen molar-refractivity contribution in [3.05, 3.63) is 81.2 Å². The molecule has 1 aliphatic heterocycles. The van der Waals surface area contributed by atoms with Crippen LogP contribution in [0.25, 0.3) is 0 Å². The third kappa shape index (κ3) is 4.88. The molecule has 0 saturated heterocycles. The van der Waals surface area contributed by atoms with E-state index < -0.39 is 17.9 Å². The number of Topliss-reactive ketones (excluding diaryl/α,β-unsaturated/α-hetero) is 1. The summed E-state index contributed by atoms with van der Waals surface area (Å²) >= 11 is 5.90. The molecule has 4 rings (SSSR count). The molecule has 1 aliphatic carbocycles. The Kier molecular flexibility index (Phi) is 6.96. The van der Waals surface area contributed by atoms with Crippen LogP contribution >= 0.6 is 11.6 Å². The SMILES string of the molecule is COC(=O)C1=C(C)NC2=C(C(=O)CC(C)(C)C2)[C@H]1c1ccc(OC(=O)c2ccc(Cl)cc2)c(OC)c1. The Morgan fingerprint density at radius 2 is 1.69 bits per heavy atom. The number of rotatable bonds is 5. The molecule has 0 amide bonds. The second-order valence-corrected chi connectivity index (χ2v) is 10.2. The number of methoxy groups -OCH3 is 2. The van der Waals surface area contributed by atoms with E-state index in [1.165, 1.54) is 14.2 Å². The minimum absolute atomic E-state index is 0.0233. The van der Waals surface area contributed by atoms with Crippen molar-refractivity contribution in [2.75, 3.05) is 14.2 Å². The standard InChI is InChI=1S/C28H28ClNO6/c1-15-23(27(33)35-5)24(25-19(30-15)13-28(2,3)14-20(25)31)17-8-11-21(22(12-17)34-4)36-26(32)16-6-9-18(29)10-7-16/h6-12,24,30H,13-14H2,1-5H3/t24-/m0/s1. The average Bonchev–Trinajstić information content (AvgIpc) is 2.82. The number of dihydropyridines is 1. The maximum absolute atomic E-state index is 13.4. The van der Waals surface area contributed by atoms with Gasteiger partial charge in [-0.15, -0.1) is 0 Å². The highest BCUT2D eigenvalue weighted by Crippen LogP contribution is 2.47. The number of hydrogen-bond acceptors (Lipinski definition) is 7. The van der Waals surface area contributed by atoms with Gasteiger partial charge in [-0.25, -0.2) is 9.59 Å². The van der Waals surface area contributed by atoms with E-state index in [1.807, 2.05) is 13.8 Å². The Morgan fingerprint density at radius 1 is 1.00 bits per heavy atom. The van der Waals surface area contributed by atoms with Crippen LogP contribution in [0.15, 0.2) is 65.0 Å². The van der Waals surface area contributed by atoms with E-state index in [-0.39, 0.29) is 16.9 Å². The summed E-state index contributed by atoms with van der Waals surface area (Å²) in [4.78, 5) is 38.9. The molecule has 0 fully saturated rings. The molecule has 188 valence electrons. The lowest BCUT2D eigenvalue weighted by atomic mass is 9.68. The quantitative estimate of drug-likeness (QED) is 0.429.